The second kappa shape index (κ2) is 6.31. The van der Waals surface area contributed by atoms with Crippen molar-refractivity contribution in [1.29, 1.82) is 0 Å². The summed E-state index contributed by atoms with van der Waals surface area (Å²) in [7, 11) is -3.73. The number of furan rings is 1. The van der Waals surface area contributed by atoms with Crippen LogP contribution >= 0.6 is 11.8 Å². The van der Waals surface area contributed by atoms with Crippen LogP contribution in [0.5, 0.6) is 0 Å². The molecule has 1 amide bonds. The molecule has 10 heteroatoms. The Morgan fingerprint density at radius 3 is 2.69 bits per heavy atom. The van der Waals surface area contributed by atoms with Gasteiger partial charge in [-0.05, 0) is 36.4 Å². The van der Waals surface area contributed by atoms with E-state index in [0.717, 1.165) is 11.1 Å². The van der Waals surface area contributed by atoms with Crippen LogP contribution in [-0.4, -0.2) is 30.3 Å². The SMILES string of the molecule is NS(=O)(=O)c1ccc(-c2ccc([C@H]3SCC(=O)Nc4[nH]ncc43)o2)cc1. The number of nitrogens with zero attached hydrogens (tertiary/aromatic N) is 1. The minimum Gasteiger partial charge on any atom is -0.460 e. The fourth-order valence-electron chi connectivity index (χ4n) is 2.71. The maximum absolute atomic E-state index is 11.8. The molecule has 0 unspecified atom stereocenters. The van der Waals surface area contributed by atoms with Crippen molar-refractivity contribution in [2.75, 3.05) is 11.1 Å². The summed E-state index contributed by atoms with van der Waals surface area (Å²) < 4.78 is 28.7. The van der Waals surface area contributed by atoms with Gasteiger partial charge in [0.1, 0.15) is 17.3 Å². The molecule has 0 spiro atoms. The van der Waals surface area contributed by atoms with Gasteiger partial charge in [0.25, 0.3) is 0 Å². The summed E-state index contributed by atoms with van der Waals surface area (Å²) in [4.78, 5) is 11.8. The number of aromatic amines is 1. The Kier molecular flexibility index (Phi) is 4.10. The molecule has 0 saturated heterocycles. The van der Waals surface area contributed by atoms with E-state index in [9.17, 15) is 13.2 Å². The Morgan fingerprint density at radius 2 is 1.96 bits per heavy atom. The summed E-state index contributed by atoms with van der Waals surface area (Å²) in [6, 6.07) is 9.79. The van der Waals surface area contributed by atoms with Crippen molar-refractivity contribution >= 4 is 33.5 Å². The number of hydrogen-bond donors (Lipinski definition) is 3. The van der Waals surface area contributed by atoms with E-state index in [-0.39, 0.29) is 16.1 Å². The van der Waals surface area contributed by atoms with Gasteiger partial charge >= 0.3 is 0 Å². The predicted octanol–water partition coefficient (Wildman–Crippen LogP) is 2.09. The van der Waals surface area contributed by atoms with Crippen LogP contribution in [0.25, 0.3) is 11.3 Å². The molecule has 1 aliphatic rings. The Hall–Kier alpha value is -2.56. The maximum Gasteiger partial charge on any atom is 0.238 e. The number of nitrogens with one attached hydrogen (secondary N) is 2. The normalized spacial score (nSPS) is 17.4. The van der Waals surface area contributed by atoms with E-state index < -0.39 is 10.0 Å². The lowest BCUT2D eigenvalue weighted by Gasteiger charge is -2.10. The lowest BCUT2D eigenvalue weighted by molar-refractivity contribution is -0.113. The Morgan fingerprint density at radius 1 is 1.19 bits per heavy atom. The van der Waals surface area contributed by atoms with E-state index in [2.05, 4.69) is 15.5 Å². The largest absolute Gasteiger partial charge is 0.460 e. The van der Waals surface area contributed by atoms with Gasteiger partial charge in [-0.3, -0.25) is 9.89 Å². The molecule has 2 aromatic heterocycles. The number of hydrogen-bond acceptors (Lipinski definition) is 6. The summed E-state index contributed by atoms with van der Waals surface area (Å²) in [6.45, 7) is 0. The molecule has 1 aromatic carbocycles. The monoisotopic (exact) mass is 390 g/mol. The first kappa shape index (κ1) is 16.9. The number of carbonyl (C=O) groups excluding carboxylic acids is 1. The van der Waals surface area contributed by atoms with Gasteiger partial charge in [0, 0.05) is 11.1 Å². The molecular weight excluding hydrogens is 376 g/mol. The molecule has 0 saturated carbocycles. The third-order valence-electron chi connectivity index (χ3n) is 3.95. The molecule has 4 N–H and O–H groups in total. The molecule has 0 bridgehead atoms. The summed E-state index contributed by atoms with van der Waals surface area (Å²) in [6.07, 6.45) is 1.67. The standard InChI is InChI=1S/C16H14N4O4S2/c17-26(22,23)10-3-1-9(2-4-10)12-5-6-13(24-12)15-11-7-18-20-16(11)19-14(21)8-25-15/h1-7,15H,8H2,(H2,17,22,23)(H2,18,19,20,21)/t15-/m0/s1. The second-order valence-corrected chi connectivity index (χ2v) is 8.37. The number of aromatic nitrogens is 2. The van der Waals surface area contributed by atoms with Crippen molar-refractivity contribution in [2.45, 2.75) is 10.1 Å². The highest BCUT2D eigenvalue weighted by molar-refractivity contribution is 8.00. The number of anilines is 1. The van der Waals surface area contributed by atoms with E-state index >= 15 is 0 Å². The lowest BCUT2D eigenvalue weighted by Crippen LogP contribution is -2.12. The summed E-state index contributed by atoms with van der Waals surface area (Å²) >= 11 is 1.45. The topological polar surface area (TPSA) is 131 Å². The average Bonchev–Trinajstić information content (AvgIpc) is 3.23. The van der Waals surface area contributed by atoms with E-state index in [0.29, 0.717) is 23.1 Å². The number of thioether (sulfide) groups is 1. The van der Waals surface area contributed by atoms with E-state index in [4.69, 9.17) is 9.56 Å². The van der Waals surface area contributed by atoms with Crippen molar-refractivity contribution in [3.8, 4) is 11.3 Å². The van der Waals surface area contributed by atoms with Crippen LogP contribution in [0.15, 0.2) is 51.9 Å². The number of sulfonamides is 1. The fourth-order valence-corrected chi connectivity index (χ4v) is 4.27. The summed E-state index contributed by atoms with van der Waals surface area (Å²) in [5.41, 5.74) is 1.57. The van der Waals surface area contributed by atoms with E-state index in [1.165, 1.54) is 23.9 Å². The molecule has 0 radical (unpaired) electrons. The first-order valence-corrected chi connectivity index (χ1v) is 10.2. The second-order valence-electron chi connectivity index (χ2n) is 5.71. The molecule has 8 nitrogen and oxygen atoms in total. The number of H-pyrrole nitrogens is 1. The lowest BCUT2D eigenvalue weighted by atomic mass is 10.1. The molecule has 26 heavy (non-hydrogen) atoms. The van der Waals surface area contributed by atoms with Crippen molar-refractivity contribution < 1.29 is 17.6 Å². The number of nitrogens with two attached hydrogens (primary N) is 1. The highest BCUT2D eigenvalue weighted by Crippen LogP contribution is 2.42. The quantitative estimate of drug-likeness (QED) is 0.627. The van der Waals surface area contributed by atoms with Gasteiger partial charge in [-0.25, -0.2) is 13.6 Å². The number of benzene rings is 1. The number of fused-ring (bicyclic) bond motifs is 1. The first-order valence-electron chi connectivity index (χ1n) is 7.59. The van der Waals surface area contributed by atoms with Gasteiger partial charge in [0.05, 0.1) is 22.1 Å². The zero-order chi connectivity index (χ0) is 18.3. The third kappa shape index (κ3) is 3.14. The number of amides is 1. The van der Waals surface area contributed by atoms with Crippen LogP contribution < -0.4 is 10.5 Å². The fraction of sp³-hybridized carbons (Fsp3) is 0.125. The van der Waals surface area contributed by atoms with Crippen LogP contribution in [0, 0.1) is 0 Å². The van der Waals surface area contributed by atoms with Crippen LogP contribution in [0.1, 0.15) is 16.6 Å². The van der Waals surface area contributed by atoms with Gasteiger partial charge in [0.15, 0.2) is 0 Å². The Balaban J connectivity index is 1.66. The summed E-state index contributed by atoms with van der Waals surface area (Å²) in [5.74, 6) is 2.04. The minimum atomic E-state index is -3.73. The van der Waals surface area contributed by atoms with Gasteiger partial charge in [0.2, 0.25) is 15.9 Å². The average molecular weight is 390 g/mol. The van der Waals surface area contributed by atoms with Crippen LogP contribution in [0.2, 0.25) is 0 Å². The van der Waals surface area contributed by atoms with E-state index in [1.54, 1.807) is 18.3 Å². The van der Waals surface area contributed by atoms with Gasteiger partial charge in [-0.15, -0.1) is 11.8 Å². The molecule has 134 valence electrons. The minimum absolute atomic E-state index is 0.0416. The van der Waals surface area contributed by atoms with Crippen molar-refractivity contribution in [1.82, 2.24) is 10.2 Å². The molecule has 0 fully saturated rings. The Labute approximate surface area is 153 Å². The highest BCUT2D eigenvalue weighted by atomic mass is 32.2. The van der Waals surface area contributed by atoms with Crippen molar-refractivity contribution in [2.24, 2.45) is 5.14 Å². The van der Waals surface area contributed by atoms with Crippen LogP contribution in [0.4, 0.5) is 5.82 Å². The smallest absolute Gasteiger partial charge is 0.238 e. The predicted molar refractivity (Wildman–Crippen MR) is 97.0 cm³/mol. The third-order valence-corrected chi connectivity index (χ3v) is 6.13. The maximum atomic E-state index is 11.8. The zero-order valence-corrected chi connectivity index (χ0v) is 14.9. The van der Waals surface area contributed by atoms with Crippen LogP contribution in [-0.2, 0) is 14.8 Å². The van der Waals surface area contributed by atoms with Gasteiger partial charge < -0.3 is 9.73 Å². The molecule has 1 atom stereocenters. The molecule has 3 aromatic rings. The van der Waals surface area contributed by atoms with Crippen molar-refractivity contribution in [3.05, 3.63) is 53.9 Å². The molecule has 0 aliphatic carbocycles. The Bertz CT molecular complexity index is 1070. The number of carbonyl (C=O) groups is 1. The van der Waals surface area contributed by atoms with Gasteiger partial charge in [-0.1, -0.05) is 0 Å². The zero-order valence-electron chi connectivity index (χ0n) is 13.3. The summed E-state index contributed by atoms with van der Waals surface area (Å²) in [5, 5.41) is 14.5. The molecule has 1 aliphatic heterocycles. The van der Waals surface area contributed by atoms with E-state index in [1.807, 2.05) is 12.1 Å². The first-order chi connectivity index (χ1) is 12.4. The molecular formula is C16H14N4O4S2. The highest BCUT2D eigenvalue weighted by Gasteiger charge is 2.28. The molecule has 3 heterocycles. The van der Waals surface area contributed by atoms with Crippen LogP contribution in [0.3, 0.4) is 0 Å². The number of rotatable bonds is 3. The van der Waals surface area contributed by atoms with Crippen molar-refractivity contribution in [3.63, 3.8) is 0 Å². The van der Waals surface area contributed by atoms with Gasteiger partial charge in [-0.2, -0.15) is 5.10 Å². The number of primary sulfonamides is 1. The molecule has 4 rings (SSSR count).